The van der Waals surface area contributed by atoms with E-state index in [1.807, 2.05) is 13.8 Å². The van der Waals surface area contributed by atoms with Crippen molar-refractivity contribution in [1.29, 1.82) is 0 Å². The van der Waals surface area contributed by atoms with Gasteiger partial charge in [0.1, 0.15) is 0 Å². The molecule has 0 fully saturated rings. The second-order valence-corrected chi connectivity index (χ2v) is 8.54. The Hall–Kier alpha value is -1.97. The van der Waals surface area contributed by atoms with Crippen LogP contribution >= 0.6 is 23.2 Å². The van der Waals surface area contributed by atoms with E-state index in [-0.39, 0.29) is 26.3 Å². The molecular formula is C19H22Cl2F3N3O2S. The van der Waals surface area contributed by atoms with E-state index in [1.165, 1.54) is 30.1 Å². The predicted molar refractivity (Wildman–Crippen MR) is 118 cm³/mol. The van der Waals surface area contributed by atoms with E-state index in [0.717, 1.165) is 7.05 Å². The van der Waals surface area contributed by atoms with Crippen LogP contribution in [-0.2, 0) is 10.0 Å². The molecule has 0 heterocycles. The Bertz CT molecular complexity index is 1010. The highest BCUT2D eigenvalue weighted by atomic mass is 35.5. The molecule has 166 valence electrons. The zero-order valence-corrected chi connectivity index (χ0v) is 19.3. The number of alkyl halides is 3. The first-order chi connectivity index (χ1) is 13.9. The van der Waals surface area contributed by atoms with E-state index in [1.54, 1.807) is 31.3 Å². The summed E-state index contributed by atoms with van der Waals surface area (Å²) in [5.41, 5.74) is -4.73. The highest BCUT2D eigenvalue weighted by molar-refractivity contribution is 7.93. The molecular weight excluding hydrogens is 462 g/mol. The molecule has 0 atom stereocenters. The molecule has 0 spiro atoms. The number of hydrazone groups is 1. The normalized spacial score (nSPS) is 12.1. The van der Waals surface area contributed by atoms with Crippen molar-refractivity contribution in [3.63, 3.8) is 0 Å². The molecule has 0 aliphatic heterocycles. The number of hydrogen-bond acceptors (Lipinski definition) is 4. The Balaban J connectivity index is 0.00000218. The van der Waals surface area contributed by atoms with E-state index in [0.29, 0.717) is 10.7 Å². The van der Waals surface area contributed by atoms with Crippen LogP contribution in [0.25, 0.3) is 0 Å². The van der Waals surface area contributed by atoms with Gasteiger partial charge >= 0.3 is 15.5 Å². The average Bonchev–Trinajstić information content (AvgIpc) is 2.68. The fraction of sp³-hybridized carbons (Fsp3) is 0.316. The topological polar surface area (TPSA) is 53.0 Å². The van der Waals surface area contributed by atoms with Crippen LogP contribution in [-0.4, -0.2) is 33.7 Å². The van der Waals surface area contributed by atoms with E-state index in [9.17, 15) is 21.6 Å². The predicted octanol–water partition coefficient (Wildman–Crippen LogP) is 6.17. The number of nitrogens with zero attached hydrogens (tertiary/aromatic N) is 3. The van der Waals surface area contributed by atoms with Gasteiger partial charge in [0.2, 0.25) is 0 Å². The summed E-state index contributed by atoms with van der Waals surface area (Å²) in [6.45, 7) is 5.52. The molecule has 0 aliphatic rings. The number of rotatable bonds is 5. The van der Waals surface area contributed by atoms with Crippen molar-refractivity contribution in [3.8, 4) is 0 Å². The molecule has 2 aromatic carbocycles. The van der Waals surface area contributed by atoms with Gasteiger partial charge in [-0.3, -0.25) is 9.31 Å². The summed E-state index contributed by atoms with van der Waals surface area (Å²) < 4.78 is 62.6. The molecule has 30 heavy (non-hydrogen) atoms. The minimum absolute atomic E-state index is 0.127. The van der Waals surface area contributed by atoms with Crippen LogP contribution in [0.4, 0.5) is 24.5 Å². The Morgan fingerprint density at radius 1 is 1.00 bits per heavy atom. The number of halogens is 5. The lowest BCUT2D eigenvalue weighted by Gasteiger charge is -2.24. The molecule has 0 saturated heterocycles. The van der Waals surface area contributed by atoms with Gasteiger partial charge in [-0.1, -0.05) is 49.2 Å². The number of para-hydroxylation sites is 1. The molecule has 0 amide bonds. The number of sulfonamides is 1. The van der Waals surface area contributed by atoms with Crippen molar-refractivity contribution in [3.05, 3.63) is 58.1 Å². The molecule has 0 N–H and O–H groups in total. The maximum atomic E-state index is 12.9. The molecule has 2 rings (SSSR count). The first-order valence-corrected chi connectivity index (χ1v) is 10.9. The summed E-state index contributed by atoms with van der Waals surface area (Å²) in [7, 11) is -3.16. The highest BCUT2D eigenvalue weighted by Gasteiger charge is 2.49. The Labute approximate surface area is 184 Å². The van der Waals surface area contributed by atoms with Gasteiger partial charge in [0.25, 0.3) is 0 Å². The molecule has 0 aromatic heterocycles. The monoisotopic (exact) mass is 483 g/mol. The average molecular weight is 484 g/mol. The molecule has 5 nitrogen and oxygen atoms in total. The van der Waals surface area contributed by atoms with Crippen molar-refractivity contribution >= 4 is 50.3 Å². The van der Waals surface area contributed by atoms with Crippen molar-refractivity contribution in [2.75, 3.05) is 23.4 Å². The summed E-state index contributed by atoms with van der Waals surface area (Å²) >= 11 is 12.1. The van der Waals surface area contributed by atoms with Crippen molar-refractivity contribution in [2.24, 2.45) is 5.10 Å². The summed E-state index contributed by atoms with van der Waals surface area (Å²) in [4.78, 5) is 0. The Morgan fingerprint density at radius 3 is 2.10 bits per heavy atom. The van der Waals surface area contributed by atoms with Crippen LogP contribution < -0.4 is 9.31 Å². The SMILES string of the molecule is C/C(=N\N(C)c1ccccc1Cl)c1cc(Cl)ccc1N(C)S(=O)(=O)C(F)(F)F.CC. The maximum Gasteiger partial charge on any atom is 0.516 e. The van der Waals surface area contributed by atoms with Gasteiger partial charge in [0.05, 0.1) is 22.1 Å². The molecule has 0 aliphatic carbocycles. The molecule has 0 radical (unpaired) electrons. The number of benzene rings is 2. The van der Waals surface area contributed by atoms with Gasteiger partial charge < -0.3 is 0 Å². The van der Waals surface area contributed by atoms with Gasteiger partial charge in [-0.2, -0.15) is 26.7 Å². The fourth-order valence-electron chi connectivity index (χ4n) is 2.40. The van der Waals surface area contributed by atoms with Crippen molar-refractivity contribution < 1.29 is 21.6 Å². The summed E-state index contributed by atoms with van der Waals surface area (Å²) in [6.07, 6.45) is 0. The van der Waals surface area contributed by atoms with Gasteiger partial charge in [-0.05, 0) is 37.3 Å². The van der Waals surface area contributed by atoms with E-state index in [4.69, 9.17) is 23.2 Å². The van der Waals surface area contributed by atoms with E-state index >= 15 is 0 Å². The van der Waals surface area contributed by atoms with Crippen LogP contribution in [0.15, 0.2) is 47.6 Å². The second-order valence-electron chi connectivity index (χ2n) is 5.74. The minimum Gasteiger partial charge on any atom is -0.267 e. The summed E-state index contributed by atoms with van der Waals surface area (Å²) in [5, 5.41) is 6.38. The van der Waals surface area contributed by atoms with Crippen LogP contribution in [0.1, 0.15) is 26.3 Å². The largest absolute Gasteiger partial charge is 0.516 e. The lowest BCUT2D eigenvalue weighted by molar-refractivity contribution is -0.0437. The molecule has 2 aromatic rings. The van der Waals surface area contributed by atoms with Gasteiger partial charge in [-0.25, -0.2) is 0 Å². The van der Waals surface area contributed by atoms with Crippen molar-refractivity contribution in [2.45, 2.75) is 26.3 Å². The third kappa shape index (κ3) is 5.80. The Kier molecular flexibility index (Phi) is 9.01. The molecule has 11 heteroatoms. The standard InChI is InChI=1S/C17H16Cl2F3N3O2S.C2H6/c1-11(23-24(2)16-7-5-4-6-14(16)19)13-10-12(18)8-9-15(13)25(3)28(26,27)17(20,21)22;1-2/h4-10H,1-3H3;1-2H3/b23-11+;. The molecule has 0 unspecified atom stereocenters. The zero-order chi connectivity index (χ0) is 23.3. The number of anilines is 2. The van der Waals surface area contributed by atoms with E-state index < -0.39 is 15.5 Å². The quantitative estimate of drug-likeness (QED) is 0.377. The minimum atomic E-state index is -5.59. The maximum absolute atomic E-state index is 12.9. The molecule has 0 bridgehead atoms. The second kappa shape index (κ2) is 10.4. The Morgan fingerprint density at radius 2 is 1.57 bits per heavy atom. The number of hydrogen-bond donors (Lipinski definition) is 0. The first kappa shape index (κ1) is 26.1. The first-order valence-electron chi connectivity index (χ1n) is 8.75. The fourth-order valence-corrected chi connectivity index (χ4v) is 3.56. The summed E-state index contributed by atoms with van der Waals surface area (Å²) in [6, 6.07) is 10.7. The van der Waals surface area contributed by atoms with Gasteiger partial charge in [-0.15, -0.1) is 0 Å². The molecule has 0 saturated carbocycles. The third-order valence-electron chi connectivity index (χ3n) is 3.84. The zero-order valence-electron chi connectivity index (χ0n) is 17.0. The third-order valence-corrected chi connectivity index (χ3v) is 5.90. The van der Waals surface area contributed by atoms with Crippen LogP contribution in [0.3, 0.4) is 0 Å². The summed E-state index contributed by atoms with van der Waals surface area (Å²) in [5.74, 6) is 0. The van der Waals surface area contributed by atoms with Crippen molar-refractivity contribution in [1.82, 2.24) is 0 Å². The smallest absolute Gasteiger partial charge is 0.267 e. The van der Waals surface area contributed by atoms with Gasteiger partial charge in [0.15, 0.2) is 0 Å². The van der Waals surface area contributed by atoms with Crippen LogP contribution in [0, 0.1) is 0 Å². The van der Waals surface area contributed by atoms with E-state index in [2.05, 4.69) is 5.10 Å². The van der Waals surface area contributed by atoms with Crippen LogP contribution in [0.2, 0.25) is 10.0 Å². The van der Waals surface area contributed by atoms with Gasteiger partial charge in [0, 0.05) is 24.7 Å². The lowest BCUT2D eigenvalue weighted by Crippen LogP contribution is -2.38. The lowest BCUT2D eigenvalue weighted by atomic mass is 10.1. The van der Waals surface area contributed by atoms with Crippen LogP contribution in [0.5, 0.6) is 0 Å². The highest BCUT2D eigenvalue weighted by Crippen LogP contribution is 2.33.